The van der Waals surface area contributed by atoms with Crippen LogP contribution in [0.3, 0.4) is 0 Å². The van der Waals surface area contributed by atoms with Gasteiger partial charge in [0.1, 0.15) is 6.33 Å². The molecule has 0 fully saturated rings. The summed E-state index contributed by atoms with van der Waals surface area (Å²) in [5, 5.41) is 6.49. The topological polar surface area (TPSA) is 59.8 Å². The van der Waals surface area contributed by atoms with Gasteiger partial charge in [0, 0.05) is 4.90 Å². The van der Waals surface area contributed by atoms with Gasteiger partial charge < -0.3 is 5.32 Å². The lowest BCUT2D eigenvalue weighted by Gasteiger charge is -2.12. The second-order valence-corrected chi connectivity index (χ2v) is 7.09. The largest absolute Gasteiger partial charge is 0.418 e. The Balaban J connectivity index is 1.67. The van der Waals surface area contributed by atoms with E-state index in [0.717, 1.165) is 22.0 Å². The zero-order chi connectivity index (χ0) is 18.6. The highest BCUT2D eigenvalue weighted by Crippen LogP contribution is 2.35. The highest BCUT2D eigenvalue weighted by Gasteiger charge is 2.33. The van der Waals surface area contributed by atoms with E-state index in [2.05, 4.69) is 15.4 Å². The first-order valence-corrected chi connectivity index (χ1v) is 9.37. The number of carbonyl (C=O) groups is 1. The van der Waals surface area contributed by atoms with E-state index in [4.69, 9.17) is 0 Å². The average molecular weight is 396 g/mol. The number of anilines is 1. The number of aromatic nitrogens is 3. The molecule has 0 aliphatic rings. The smallest absolute Gasteiger partial charge is 0.305 e. The molecule has 2 aromatic carbocycles. The molecule has 26 heavy (non-hydrogen) atoms. The maximum atomic E-state index is 13.0. The molecule has 1 N–H and O–H groups in total. The minimum Gasteiger partial charge on any atom is -0.305 e. The highest BCUT2D eigenvalue weighted by molar-refractivity contribution is 8.76. The van der Waals surface area contributed by atoms with E-state index < -0.39 is 17.8 Å². The van der Waals surface area contributed by atoms with Crippen molar-refractivity contribution in [3.8, 4) is 0 Å². The number of hydrogen-bond acceptors (Lipinski definition) is 5. The number of alkyl halides is 3. The molecule has 0 atom stereocenters. The Kier molecular flexibility index (Phi) is 5.52. The summed E-state index contributed by atoms with van der Waals surface area (Å²) >= 11 is 0. The lowest BCUT2D eigenvalue weighted by molar-refractivity contribution is -0.136. The maximum absolute atomic E-state index is 13.0. The molecule has 0 bridgehead atoms. The first-order chi connectivity index (χ1) is 12.4. The average Bonchev–Trinajstić information content (AvgIpc) is 3.10. The van der Waals surface area contributed by atoms with Crippen LogP contribution in [0.25, 0.3) is 0 Å². The molecule has 3 aromatic rings. The molecule has 10 heteroatoms. The molecule has 0 radical (unpaired) electrons. The quantitative estimate of drug-likeness (QED) is 0.616. The molecular formula is C16H11F3N4OS2. The third-order valence-corrected chi connectivity index (χ3v) is 5.27. The molecule has 1 heterocycles. The van der Waals surface area contributed by atoms with Crippen molar-refractivity contribution in [2.75, 3.05) is 5.32 Å². The Morgan fingerprint density at radius 2 is 1.69 bits per heavy atom. The number of carbonyl (C=O) groups excluding carboxylic acids is 1. The Morgan fingerprint density at radius 3 is 2.42 bits per heavy atom. The van der Waals surface area contributed by atoms with Gasteiger partial charge in [-0.1, -0.05) is 30.3 Å². The Hall–Kier alpha value is -2.46. The van der Waals surface area contributed by atoms with Crippen LogP contribution in [0, 0.1) is 0 Å². The van der Waals surface area contributed by atoms with Crippen LogP contribution >= 0.6 is 21.6 Å². The highest BCUT2D eigenvalue weighted by atomic mass is 33.1. The van der Waals surface area contributed by atoms with Gasteiger partial charge in [0.05, 0.1) is 11.3 Å². The molecule has 134 valence electrons. The van der Waals surface area contributed by atoms with E-state index in [0.29, 0.717) is 5.16 Å². The summed E-state index contributed by atoms with van der Waals surface area (Å²) in [4.78, 5) is 17.1. The molecule has 1 amide bonds. The molecule has 5 nitrogen and oxygen atoms in total. The first-order valence-electron chi connectivity index (χ1n) is 7.22. The fraction of sp³-hybridized carbons (Fsp3) is 0.0625. The monoisotopic (exact) mass is 396 g/mol. The SMILES string of the molecule is O=C(Nc1ccccc1C(F)(F)F)n1cnc(SSc2ccccc2)n1. The van der Waals surface area contributed by atoms with Gasteiger partial charge in [-0.05, 0) is 45.9 Å². The lowest BCUT2D eigenvalue weighted by Crippen LogP contribution is -2.22. The molecule has 0 saturated heterocycles. The van der Waals surface area contributed by atoms with Gasteiger partial charge in [0.15, 0.2) is 0 Å². The Labute approximate surface area is 154 Å². The molecule has 0 aliphatic heterocycles. The standard InChI is InChI=1S/C16H11F3N4OS2/c17-16(18,19)12-8-4-5-9-13(12)21-15(24)23-10-20-14(22-23)26-25-11-6-2-1-3-7-11/h1-10H,(H,21,24). The zero-order valence-electron chi connectivity index (χ0n) is 13.0. The third-order valence-electron chi connectivity index (χ3n) is 3.11. The number of nitrogens with one attached hydrogen (secondary N) is 1. The van der Waals surface area contributed by atoms with Crippen LogP contribution in [0.2, 0.25) is 0 Å². The number of amides is 1. The maximum Gasteiger partial charge on any atom is 0.418 e. The predicted octanol–water partition coefficient (Wildman–Crippen LogP) is 5.18. The first kappa shape index (κ1) is 18.3. The van der Waals surface area contributed by atoms with Crippen LogP contribution in [-0.4, -0.2) is 20.8 Å². The fourth-order valence-electron chi connectivity index (χ4n) is 1.96. The van der Waals surface area contributed by atoms with Gasteiger partial charge in [-0.3, -0.25) is 0 Å². The minimum atomic E-state index is -4.57. The summed E-state index contributed by atoms with van der Waals surface area (Å²) in [6, 6.07) is 13.4. The van der Waals surface area contributed by atoms with Crippen LogP contribution < -0.4 is 5.32 Å². The Morgan fingerprint density at radius 1 is 1.00 bits per heavy atom. The van der Waals surface area contributed by atoms with Gasteiger partial charge in [-0.2, -0.15) is 17.9 Å². The summed E-state index contributed by atoms with van der Waals surface area (Å²) in [6.07, 6.45) is -3.42. The van der Waals surface area contributed by atoms with Crippen molar-refractivity contribution >= 4 is 33.3 Å². The lowest BCUT2D eigenvalue weighted by atomic mass is 10.1. The van der Waals surface area contributed by atoms with E-state index >= 15 is 0 Å². The molecule has 0 saturated carbocycles. The van der Waals surface area contributed by atoms with E-state index in [1.807, 2.05) is 30.3 Å². The summed E-state index contributed by atoms with van der Waals surface area (Å²) < 4.78 is 39.8. The van der Waals surface area contributed by atoms with E-state index in [-0.39, 0.29) is 5.69 Å². The minimum absolute atomic E-state index is 0.318. The van der Waals surface area contributed by atoms with Crippen LogP contribution in [0.4, 0.5) is 23.7 Å². The van der Waals surface area contributed by atoms with Crippen LogP contribution in [-0.2, 0) is 6.18 Å². The molecule has 3 rings (SSSR count). The van der Waals surface area contributed by atoms with Crippen molar-refractivity contribution in [2.45, 2.75) is 16.2 Å². The van der Waals surface area contributed by atoms with Crippen molar-refractivity contribution in [2.24, 2.45) is 0 Å². The van der Waals surface area contributed by atoms with Crippen molar-refractivity contribution < 1.29 is 18.0 Å². The second kappa shape index (κ2) is 7.83. The summed E-state index contributed by atoms with van der Waals surface area (Å²) in [5.41, 5.74) is -1.27. The van der Waals surface area contributed by atoms with E-state index in [1.54, 1.807) is 0 Å². The van der Waals surface area contributed by atoms with Crippen molar-refractivity contribution in [3.05, 3.63) is 66.5 Å². The van der Waals surface area contributed by atoms with Crippen molar-refractivity contribution in [3.63, 3.8) is 0 Å². The van der Waals surface area contributed by atoms with Gasteiger partial charge >= 0.3 is 12.2 Å². The number of para-hydroxylation sites is 1. The van der Waals surface area contributed by atoms with Gasteiger partial charge in [-0.25, -0.2) is 9.78 Å². The molecule has 0 unspecified atom stereocenters. The van der Waals surface area contributed by atoms with E-state index in [9.17, 15) is 18.0 Å². The van der Waals surface area contributed by atoms with Gasteiger partial charge in [-0.15, -0.1) is 5.10 Å². The van der Waals surface area contributed by atoms with E-state index in [1.165, 1.54) is 39.8 Å². The number of halogens is 3. The fourth-order valence-corrected chi connectivity index (χ4v) is 3.68. The number of rotatable bonds is 4. The zero-order valence-corrected chi connectivity index (χ0v) is 14.6. The van der Waals surface area contributed by atoms with Crippen molar-refractivity contribution in [1.29, 1.82) is 0 Å². The second-order valence-electron chi connectivity index (χ2n) is 4.92. The normalized spacial score (nSPS) is 11.3. The van der Waals surface area contributed by atoms with Crippen molar-refractivity contribution in [1.82, 2.24) is 14.8 Å². The third kappa shape index (κ3) is 4.58. The van der Waals surface area contributed by atoms with Gasteiger partial charge in [0.25, 0.3) is 0 Å². The van der Waals surface area contributed by atoms with Crippen LogP contribution in [0.15, 0.2) is 71.0 Å². The van der Waals surface area contributed by atoms with Gasteiger partial charge in [0.2, 0.25) is 5.16 Å². The predicted molar refractivity (Wildman–Crippen MR) is 94.0 cm³/mol. The molecule has 1 aromatic heterocycles. The number of hydrogen-bond donors (Lipinski definition) is 1. The molecule has 0 spiro atoms. The summed E-state index contributed by atoms with van der Waals surface area (Å²) in [7, 11) is 2.65. The molecule has 0 aliphatic carbocycles. The number of benzene rings is 2. The summed E-state index contributed by atoms with van der Waals surface area (Å²) in [6.45, 7) is 0. The van der Waals surface area contributed by atoms with Crippen LogP contribution in [0.1, 0.15) is 5.56 Å². The number of nitrogens with zero attached hydrogens (tertiary/aromatic N) is 3. The molecular weight excluding hydrogens is 385 g/mol. The van der Waals surface area contributed by atoms with Crippen LogP contribution in [0.5, 0.6) is 0 Å². The Bertz CT molecular complexity index is 900. The summed E-state index contributed by atoms with van der Waals surface area (Å²) in [5.74, 6) is 0.